The number of ether oxygens (including phenoxy) is 2. The minimum atomic E-state index is 0.146. The maximum absolute atomic E-state index is 12.8. The highest BCUT2D eigenvalue weighted by Gasteiger charge is 2.32. The third kappa shape index (κ3) is 3.85. The molecule has 0 N–H and O–H groups in total. The van der Waals surface area contributed by atoms with E-state index < -0.39 is 0 Å². The molecule has 0 aliphatic heterocycles. The molecule has 1 fully saturated rings. The third-order valence-corrected chi connectivity index (χ3v) is 4.90. The summed E-state index contributed by atoms with van der Waals surface area (Å²) in [5.74, 6) is 1.61. The minimum absolute atomic E-state index is 0.146. The zero-order chi connectivity index (χ0) is 16.2. The van der Waals surface area contributed by atoms with Gasteiger partial charge in [0.05, 0.1) is 27.2 Å². The summed E-state index contributed by atoms with van der Waals surface area (Å²) in [6.45, 7) is 0.702. The third-order valence-electron chi connectivity index (χ3n) is 4.04. The molecule has 4 nitrogen and oxygen atoms in total. The maximum Gasteiger partial charge on any atom is 0.227 e. The van der Waals surface area contributed by atoms with Crippen LogP contribution >= 0.6 is 11.3 Å². The molecule has 2 aromatic rings. The molecule has 0 atom stereocenters. The molecule has 122 valence electrons. The first-order valence-electron chi connectivity index (χ1n) is 7.74. The van der Waals surface area contributed by atoms with E-state index in [0.717, 1.165) is 29.9 Å². The molecule has 1 aromatic heterocycles. The van der Waals surface area contributed by atoms with E-state index in [2.05, 4.69) is 11.4 Å². The van der Waals surface area contributed by atoms with Crippen LogP contribution in [0.4, 0.5) is 0 Å². The van der Waals surface area contributed by atoms with E-state index >= 15 is 0 Å². The molecule has 0 spiro atoms. The Labute approximate surface area is 140 Å². The van der Waals surface area contributed by atoms with Gasteiger partial charge in [0.2, 0.25) is 5.91 Å². The standard InChI is InChI=1S/C18H21NO3S/c1-21-15-7-8-17(22-2)13(10-15)11-18(20)19(14-5-6-14)12-16-4-3-9-23-16/h3-4,7-10,14H,5-6,11-12H2,1-2H3. The SMILES string of the molecule is COc1ccc(OC)c(CC(=O)N(Cc2cccs2)C2CC2)c1. The monoisotopic (exact) mass is 331 g/mol. The van der Waals surface area contributed by atoms with Crippen molar-refractivity contribution in [2.45, 2.75) is 31.8 Å². The zero-order valence-corrected chi connectivity index (χ0v) is 14.3. The fourth-order valence-corrected chi connectivity index (χ4v) is 3.36. The van der Waals surface area contributed by atoms with Gasteiger partial charge in [0.15, 0.2) is 0 Å². The van der Waals surface area contributed by atoms with Crippen LogP contribution in [0.2, 0.25) is 0 Å². The molecule has 0 unspecified atom stereocenters. The molecular weight excluding hydrogens is 310 g/mol. The summed E-state index contributed by atoms with van der Waals surface area (Å²) < 4.78 is 10.6. The first kappa shape index (κ1) is 15.9. The van der Waals surface area contributed by atoms with Crippen LogP contribution in [0.15, 0.2) is 35.7 Å². The van der Waals surface area contributed by atoms with Crippen molar-refractivity contribution in [2.75, 3.05) is 14.2 Å². The second-order valence-corrected chi connectivity index (χ2v) is 6.72. The van der Waals surface area contributed by atoms with Crippen molar-refractivity contribution in [3.63, 3.8) is 0 Å². The van der Waals surface area contributed by atoms with Crippen LogP contribution in [0.3, 0.4) is 0 Å². The molecule has 1 aliphatic carbocycles. The number of methoxy groups -OCH3 is 2. The molecule has 3 rings (SSSR count). The Bertz CT molecular complexity index is 665. The van der Waals surface area contributed by atoms with Crippen molar-refractivity contribution in [1.82, 2.24) is 4.90 Å². The van der Waals surface area contributed by atoms with Gasteiger partial charge in [-0.25, -0.2) is 0 Å². The van der Waals surface area contributed by atoms with E-state index in [-0.39, 0.29) is 5.91 Å². The summed E-state index contributed by atoms with van der Waals surface area (Å²) in [6.07, 6.45) is 2.54. The first-order valence-corrected chi connectivity index (χ1v) is 8.62. The summed E-state index contributed by atoms with van der Waals surface area (Å²) in [5.41, 5.74) is 0.869. The van der Waals surface area contributed by atoms with Crippen molar-refractivity contribution in [3.8, 4) is 11.5 Å². The Morgan fingerprint density at radius 3 is 2.70 bits per heavy atom. The molecule has 1 heterocycles. The number of carbonyl (C=O) groups is 1. The molecule has 1 amide bonds. The number of rotatable bonds is 7. The average molecular weight is 331 g/mol. The predicted molar refractivity (Wildman–Crippen MR) is 91.1 cm³/mol. The van der Waals surface area contributed by atoms with Gasteiger partial charge in [-0.05, 0) is 42.5 Å². The van der Waals surface area contributed by atoms with Crippen LogP contribution in [0.5, 0.6) is 11.5 Å². The smallest absolute Gasteiger partial charge is 0.227 e. The Kier molecular flexibility index (Phi) is 4.86. The van der Waals surface area contributed by atoms with Crippen molar-refractivity contribution >= 4 is 17.2 Å². The highest BCUT2D eigenvalue weighted by Crippen LogP contribution is 2.31. The van der Waals surface area contributed by atoms with Crippen molar-refractivity contribution in [2.24, 2.45) is 0 Å². The van der Waals surface area contributed by atoms with E-state index in [1.54, 1.807) is 25.6 Å². The van der Waals surface area contributed by atoms with Gasteiger partial charge in [-0.3, -0.25) is 4.79 Å². The summed E-state index contributed by atoms with van der Waals surface area (Å²) >= 11 is 1.70. The highest BCUT2D eigenvalue weighted by molar-refractivity contribution is 7.09. The van der Waals surface area contributed by atoms with Gasteiger partial charge >= 0.3 is 0 Å². The van der Waals surface area contributed by atoms with Gasteiger partial charge in [0.25, 0.3) is 0 Å². The number of thiophene rings is 1. The first-order chi connectivity index (χ1) is 11.2. The Morgan fingerprint density at radius 2 is 2.09 bits per heavy atom. The van der Waals surface area contributed by atoms with Crippen molar-refractivity contribution in [3.05, 3.63) is 46.2 Å². The topological polar surface area (TPSA) is 38.8 Å². The van der Waals surface area contributed by atoms with Gasteiger partial charge in [-0.1, -0.05) is 6.07 Å². The number of carbonyl (C=O) groups excluding carboxylic acids is 1. The number of hydrogen-bond donors (Lipinski definition) is 0. The summed E-state index contributed by atoms with van der Waals surface area (Å²) in [7, 11) is 3.25. The second kappa shape index (κ2) is 7.04. The Morgan fingerprint density at radius 1 is 1.26 bits per heavy atom. The average Bonchev–Trinajstić information content (AvgIpc) is 3.28. The molecule has 0 bridgehead atoms. The number of nitrogens with zero attached hydrogens (tertiary/aromatic N) is 1. The van der Waals surface area contributed by atoms with E-state index in [9.17, 15) is 4.79 Å². The van der Waals surface area contributed by atoms with Crippen LogP contribution < -0.4 is 9.47 Å². The van der Waals surface area contributed by atoms with Crippen LogP contribution in [-0.4, -0.2) is 31.1 Å². The van der Waals surface area contributed by atoms with Crippen molar-refractivity contribution in [1.29, 1.82) is 0 Å². The normalized spacial score (nSPS) is 13.7. The van der Waals surface area contributed by atoms with Gasteiger partial charge < -0.3 is 14.4 Å². The molecule has 23 heavy (non-hydrogen) atoms. The number of amides is 1. The van der Waals surface area contributed by atoms with E-state index in [0.29, 0.717) is 19.0 Å². The van der Waals surface area contributed by atoms with Gasteiger partial charge in [0, 0.05) is 16.5 Å². The fraction of sp³-hybridized carbons (Fsp3) is 0.389. The predicted octanol–water partition coefficient (Wildman–Crippen LogP) is 3.50. The fourth-order valence-electron chi connectivity index (χ4n) is 2.66. The molecule has 0 saturated heterocycles. The number of hydrogen-bond acceptors (Lipinski definition) is 4. The summed E-state index contributed by atoms with van der Waals surface area (Å²) in [4.78, 5) is 16.1. The van der Waals surface area contributed by atoms with Crippen LogP contribution in [-0.2, 0) is 17.8 Å². The lowest BCUT2D eigenvalue weighted by Crippen LogP contribution is -2.33. The van der Waals surface area contributed by atoms with Gasteiger partial charge in [-0.15, -0.1) is 11.3 Å². The second-order valence-electron chi connectivity index (χ2n) is 5.69. The molecular formula is C18H21NO3S. The van der Waals surface area contributed by atoms with Gasteiger partial charge in [0.1, 0.15) is 11.5 Å². The quantitative estimate of drug-likeness (QED) is 0.779. The largest absolute Gasteiger partial charge is 0.497 e. The lowest BCUT2D eigenvalue weighted by atomic mass is 10.1. The van der Waals surface area contributed by atoms with Crippen LogP contribution in [0, 0.1) is 0 Å². The van der Waals surface area contributed by atoms with E-state index in [1.165, 1.54) is 4.88 Å². The molecule has 1 aromatic carbocycles. The molecule has 0 radical (unpaired) electrons. The Hall–Kier alpha value is -2.01. The Balaban J connectivity index is 1.76. The van der Waals surface area contributed by atoms with Crippen molar-refractivity contribution < 1.29 is 14.3 Å². The number of benzene rings is 1. The molecule has 5 heteroatoms. The summed E-state index contributed by atoms with van der Waals surface area (Å²) in [6, 6.07) is 10.1. The van der Waals surface area contributed by atoms with Crippen LogP contribution in [0.25, 0.3) is 0 Å². The summed E-state index contributed by atoms with van der Waals surface area (Å²) in [5, 5.41) is 2.05. The van der Waals surface area contributed by atoms with Gasteiger partial charge in [-0.2, -0.15) is 0 Å². The maximum atomic E-state index is 12.8. The molecule has 1 saturated carbocycles. The van der Waals surface area contributed by atoms with E-state index in [1.807, 2.05) is 29.2 Å². The minimum Gasteiger partial charge on any atom is -0.497 e. The molecule has 1 aliphatic rings. The lowest BCUT2D eigenvalue weighted by Gasteiger charge is -2.22. The lowest BCUT2D eigenvalue weighted by molar-refractivity contribution is -0.131. The van der Waals surface area contributed by atoms with Crippen LogP contribution in [0.1, 0.15) is 23.3 Å². The zero-order valence-electron chi connectivity index (χ0n) is 13.5. The van der Waals surface area contributed by atoms with E-state index in [4.69, 9.17) is 9.47 Å². The highest BCUT2D eigenvalue weighted by atomic mass is 32.1.